The van der Waals surface area contributed by atoms with Crippen molar-refractivity contribution in [1.29, 1.82) is 0 Å². The highest BCUT2D eigenvalue weighted by molar-refractivity contribution is 9.10. The van der Waals surface area contributed by atoms with Crippen LogP contribution in [0.5, 0.6) is 0 Å². The molecule has 0 bridgehead atoms. The number of rotatable bonds is 3. The van der Waals surface area contributed by atoms with E-state index >= 15 is 0 Å². The van der Waals surface area contributed by atoms with Crippen LogP contribution in [0.1, 0.15) is 33.3 Å². The summed E-state index contributed by atoms with van der Waals surface area (Å²) < 4.78 is 13.8. The second-order valence-electron chi connectivity index (χ2n) is 6.23. The predicted octanol–water partition coefficient (Wildman–Crippen LogP) is 4.38. The second-order valence-corrected chi connectivity index (χ2v) is 7.03. The molecule has 2 rings (SSSR count). The van der Waals surface area contributed by atoms with Gasteiger partial charge in [-0.1, -0.05) is 39.8 Å². The van der Waals surface area contributed by atoms with Gasteiger partial charge in [-0.05, 0) is 38.4 Å². The summed E-state index contributed by atoms with van der Waals surface area (Å²) in [6.07, 6.45) is 0.301. The van der Waals surface area contributed by atoms with Crippen LogP contribution < -0.4 is 0 Å². The molecule has 0 atom stereocenters. The van der Waals surface area contributed by atoms with Crippen LogP contribution in [0.2, 0.25) is 0 Å². The van der Waals surface area contributed by atoms with Crippen LogP contribution in [0.15, 0.2) is 22.7 Å². The number of halogens is 2. The quantitative estimate of drug-likeness (QED) is 0.809. The van der Waals surface area contributed by atoms with E-state index in [1.54, 1.807) is 12.1 Å². The Balaban J connectivity index is 2.17. The van der Waals surface area contributed by atoms with E-state index < -0.39 is 0 Å². The van der Waals surface area contributed by atoms with E-state index in [4.69, 9.17) is 0 Å². The van der Waals surface area contributed by atoms with Crippen molar-refractivity contribution in [2.75, 3.05) is 0 Å². The van der Waals surface area contributed by atoms with Crippen molar-refractivity contribution in [3.8, 4) is 0 Å². The Bertz CT molecular complexity index is 491. The Kier molecular flexibility index (Phi) is 3.17. The van der Waals surface area contributed by atoms with Gasteiger partial charge in [-0.15, -0.1) is 0 Å². The van der Waals surface area contributed by atoms with Crippen LogP contribution in [-0.4, -0.2) is 5.78 Å². The maximum atomic E-state index is 13.4. The van der Waals surface area contributed by atoms with Gasteiger partial charge in [-0.2, -0.15) is 0 Å². The smallest absolute Gasteiger partial charge is 0.141 e. The lowest BCUT2D eigenvalue weighted by Gasteiger charge is -2.06. The molecule has 1 aliphatic rings. The summed E-state index contributed by atoms with van der Waals surface area (Å²) >= 11 is 3.21. The Morgan fingerprint density at radius 1 is 1.28 bits per heavy atom. The Morgan fingerprint density at radius 3 is 2.33 bits per heavy atom. The predicted molar refractivity (Wildman–Crippen MR) is 73.9 cm³/mol. The number of hydrogen-bond donors (Lipinski definition) is 0. The van der Waals surface area contributed by atoms with Crippen molar-refractivity contribution in [3.63, 3.8) is 0 Å². The number of carbonyl (C=O) groups excluding carboxylic acids is 1. The molecule has 1 aromatic carbocycles. The number of Topliss-reactive ketones (excluding diaryl/α,β-unsaturated/α-hetero) is 1. The minimum atomic E-state index is -0.311. The number of carbonyl (C=O) groups is 1. The second kappa shape index (κ2) is 4.16. The number of hydrogen-bond acceptors (Lipinski definition) is 1. The minimum absolute atomic E-state index is 0.0455. The molecule has 1 nitrogen and oxygen atoms in total. The van der Waals surface area contributed by atoms with Gasteiger partial charge >= 0.3 is 0 Å². The van der Waals surface area contributed by atoms with E-state index in [0.717, 1.165) is 5.56 Å². The molecule has 1 aromatic rings. The van der Waals surface area contributed by atoms with Crippen LogP contribution in [0.4, 0.5) is 4.39 Å². The highest BCUT2D eigenvalue weighted by Crippen LogP contribution is 2.68. The van der Waals surface area contributed by atoms with Crippen LogP contribution in [0.3, 0.4) is 0 Å². The standard InChI is InChI=1S/C15H18BrFO/c1-14(2)13(15(14,3)4)11(18)8-9-6-5-7-10(17)12(9)16/h5-7,13H,8H2,1-4H3. The molecule has 0 radical (unpaired) electrons. The Hall–Kier alpha value is -0.700. The maximum absolute atomic E-state index is 13.4. The van der Waals surface area contributed by atoms with Crippen molar-refractivity contribution in [2.45, 2.75) is 34.1 Å². The molecule has 3 heteroatoms. The molecule has 0 N–H and O–H groups in total. The monoisotopic (exact) mass is 312 g/mol. The van der Waals surface area contributed by atoms with Gasteiger partial charge in [0, 0.05) is 12.3 Å². The SMILES string of the molecule is CC1(C)C(C(=O)Cc2cccc(F)c2Br)C1(C)C. The largest absolute Gasteiger partial charge is 0.299 e. The molecule has 1 fully saturated rings. The van der Waals surface area contributed by atoms with Crippen molar-refractivity contribution < 1.29 is 9.18 Å². The van der Waals surface area contributed by atoms with Gasteiger partial charge in [0.1, 0.15) is 11.6 Å². The molecule has 0 spiro atoms. The molecule has 0 aromatic heterocycles. The average molecular weight is 313 g/mol. The summed E-state index contributed by atoms with van der Waals surface area (Å²) in [6, 6.07) is 4.84. The van der Waals surface area contributed by atoms with E-state index in [-0.39, 0.29) is 28.3 Å². The lowest BCUT2D eigenvalue weighted by Crippen LogP contribution is -2.11. The summed E-state index contributed by atoms with van der Waals surface area (Å²) in [5.74, 6) is -0.0360. The van der Waals surface area contributed by atoms with Crippen molar-refractivity contribution >= 4 is 21.7 Å². The van der Waals surface area contributed by atoms with Gasteiger partial charge in [0.25, 0.3) is 0 Å². The lowest BCUT2D eigenvalue weighted by atomic mass is 10.0. The summed E-state index contributed by atoms with van der Waals surface area (Å²) in [5.41, 5.74) is 0.826. The fraction of sp³-hybridized carbons (Fsp3) is 0.533. The zero-order valence-electron chi connectivity index (χ0n) is 11.2. The molecule has 1 saturated carbocycles. The fourth-order valence-corrected chi connectivity index (χ4v) is 3.38. The fourth-order valence-electron chi connectivity index (χ4n) is 2.98. The Labute approximate surface area is 116 Å². The van der Waals surface area contributed by atoms with Gasteiger partial charge in [-0.3, -0.25) is 4.79 Å². The average Bonchev–Trinajstić information content (AvgIpc) is 2.65. The molecule has 18 heavy (non-hydrogen) atoms. The lowest BCUT2D eigenvalue weighted by molar-refractivity contribution is -0.120. The van der Waals surface area contributed by atoms with Gasteiger partial charge in [0.05, 0.1) is 4.47 Å². The first kappa shape index (κ1) is 13.7. The first-order chi connectivity index (χ1) is 8.19. The molecule has 1 aliphatic carbocycles. The van der Waals surface area contributed by atoms with E-state index in [2.05, 4.69) is 43.6 Å². The summed E-state index contributed by atoms with van der Waals surface area (Å²) in [5, 5.41) is 0. The third-order valence-corrected chi connectivity index (χ3v) is 5.63. The first-order valence-electron chi connectivity index (χ1n) is 6.15. The van der Waals surface area contributed by atoms with Crippen molar-refractivity contribution in [3.05, 3.63) is 34.1 Å². The molecule has 0 aliphatic heterocycles. The summed E-state index contributed by atoms with van der Waals surface area (Å²) in [4.78, 5) is 12.3. The minimum Gasteiger partial charge on any atom is -0.299 e. The molecule has 0 unspecified atom stereocenters. The zero-order valence-corrected chi connectivity index (χ0v) is 12.8. The maximum Gasteiger partial charge on any atom is 0.141 e. The third kappa shape index (κ3) is 1.93. The highest BCUT2D eigenvalue weighted by atomic mass is 79.9. The van der Waals surface area contributed by atoms with Crippen LogP contribution in [0.25, 0.3) is 0 Å². The first-order valence-corrected chi connectivity index (χ1v) is 6.94. The van der Waals surface area contributed by atoms with Crippen LogP contribution >= 0.6 is 15.9 Å². The van der Waals surface area contributed by atoms with Gasteiger partial charge in [-0.25, -0.2) is 4.39 Å². The molecule has 0 amide bonds. The van der Waals surface area contributed by atoms with Crippen molar-refractivity contribution in [2.24, 2.45) is 16.7 Å². The van der Waals surface area contributed by atoms with E-state index in [1.165, 1.54) is 6.07 Å². The number of ketones is 1. The van der Waals surface area contributed by atoms with Crippen LogP contribution in [-0.2, 0) is 11.2 Å². The summed E-state index contributed by atoms with van der Waals surface area (Å²) in [7, 11) is 0. The zero-order chi connectivity index (χ0) is 13.7. The van der Waals surface area contributed by atoms with Gasteiger partial charge in [0.2, 0.25) is 0 Å². The highest BCUT2D eigenvalue weighted by Gasteiger charge is 2.67. The summed E-state index contributed by atoms with van der Waals surface area (Å²) in [6.45, 7) is 8.48. The molecule has 0 heterocycles. The van der Waals surface area contributed by atoms with Gasteiger partial charge < -0.3 is 0 Å². The Morgan fingerprint density at radius 2 is 1.83 bits per heavy atom. The van der Waals surface area contributed by atoms with E-state index in [9.17, 15) is 9.18 Å². The normalized spacial score (nSPS) is 20.8. The van der Waals surface area contributed by atoms with E-state index in [0.29, 0.717) is 10.9 Å². The third-order valence-electron chi connectivity index (χ3n) is 4.74. The topological polar surface area (TPSA) is 17.1 Å². The van der Waals surface area contributed by atoms with Crippen LogP contribution in [0, 0.1) is 22.6 Å². The van der Waals surface area contributed by atoms with E-state index in [1.807, 2.05) is 0 Å². The molecule has 98 valence electrons. The van der Waals surface area contributed by atoms with Crippen molar-refractivity contribution in [1.82, 2.24) is 0 Å². The molecular formula is C15H18BrFO. The van der Waals surface area contributed by atoms with Gasteiger partial charge in [0.15, 0.2) is 0 Å². The molecule has 0 saturated heterocycles. The molecular weight excluding hydrogens is 295 g/mol. The number of benzene rings is 1.